The van der Waals surface area contributed by atoms with Crippen LogP contribution in [0.2, 0.25) is 10.0 Å². The van der Waals surface area contributed by atoms with E-state index in [4.69, 9.17) is 27.9 Å². The molecular formula is C28H35BrCl2N2O3. The number of nitrogens with zero attached hydrogens (tertiary/aromatic N) is 1. The summed E-state index contributed by atoms with van der Waals surface area (Å²) in [4.78, 5) is 28.1. The minimum Gasteiger partial charge on any atom is -0.483 e. The highest BCUT2D eigenvalue weighted by atomic mass is 79.9. The second kappa shape index (κ2) is 12.7. The molecule has 1 fully saturated rings. The topological polar surface area (TPSA) is 58.6 Å². The minimum absolute atomic E-state index is 0.00531. The van der Waals surface area contributed by atoms with Gasteiger partial charge in [-0.15, -0.1) is 0 Å². The molecular weight excluding hydrogens is 563 g/mol. The highest BCUT2D eigenvalue weighted by molar-refractivity contribution is 9.10. The molecule has 36 heavy (non-hydrogen) atoms. The minimum atomic E-state index is -0.677. The molecule has 1 atom stereocenters. The van der Waals surface area contributed by atoms with Crippen molar-refractivity contribution in [3.8, 4) is 5.75 Å². The summed E-state index contributed by atoms with van der Waals surface area (Å²) < 4.78 is 6.67. The zero-order chi connectivity index (χ0) is 26.5. The molecule has 8 heteroatoms. The molecule has 196 valence electrons. The van der Waals surface area contributed by atoms with Crippen LogP contribution in [0.15, 0.2) is 40.9 Å². The van der Waals surface area contributed by atoms with Gasteiger partial charge in [-0.25, -0.2) is 0 Å². The maximum Gasteiger partial charge on any atom is 0.261 e. The van der Waals surface area contributed by atoms with Gasteiger partial charge < -0.3 is 15.0 Å². The quantitative estimate of drug-likeness (QED) is 0.347. The number of rotatable bonds is 8. The van der Waals surface area contributed by atoms with Crippen molar-refractivity contribution in [3.05, 3.63) is 62.0 Å². The summed E-state index contributed by atoms with van der Waals surface area (Å²) in [6.45, 7) is 8.18. The number of ether oxygens (including phenoxy) is 1. The van der Waals surface area contributed by atoms with E-state index in [-0.39, 0.29) is 36.4 Å². The van der Waals surface area contributed by atoms with E-state index in [0.29, 0.717) is 15.8 Å². The largest absolute Gasteiger partial charge is 0.483 e. The number of hydrogen-bond acceptors (Lipinski definition) is 3. The van der Waals surface area contributed by atoms with Crippen molar-refractivity contribution in [2.75, 3.05) is 6.61 Å². The van der Waals surface area contributed by atoms with E-state index in [9.17, 15) is 9.59 Å². The second-order valence-corrected chi connectivity index (χ2v) is 12.1. The average molecular weight is 598 g/mol. The van der Waals surface area contributed by atoms with Gasteiger partial charge in [0.15, 0.2) is 6.61 Å². The first-order chi connectivity index (χ1) is 17.0. The van der Waals surface area contributed by atoms with Crippen LogP contribution in [0.1, 0.15) is 70.9 Å². The molecule has 0 spiro atoms. The van der Waals surface area contributed by atoms with Gasteiger partial charge in [0.25, 0.3) is 5.91 Å². The first-order valence-electron chi connectivity index (χ1n) is 12.4. The number of nitrogens with one attached hydrogen (secondary N) is 1. The fourth-order valence-corrected chi connectivity index (χ4v) is 5.11. The van der Waals surface area contributed by atoms with E-state index in [1.54, 1.807) is 19.1 Å². The molecule has 0 saturated heterocycles. The lowest BCUT2D eigenvalue weighted by atomic mass is 9.87. The molecule has 0 heterocycles. The van der Waals surface area contributed by atoms with E-state index >= 15 is 0 Å². The fourth-order valence-electron chi connectivity index (χ4n) is 4.29. The molecule has 5 nitrogen and oxygen atoms in total. The molecule has 1 aliphatic carbocycles. The van der Waals surface area contributed by atoms with E-state index in [2.05, 4.69) is 42.0 Å². The van der Waals surface area contributed by atoms with Crippen LogP contribution in [0.5, 0.6) is 5.75 Å². The number of carbonyl (C=O) groups excluding carboxylic acids is 2. The molecule has 0 radical (unpaired) electrons. The predicted octanol–water partition coefficient (Wildman–Crippen LogP) is 7.30. The maximum absolute atomic E-state index is 13.4. The second-order valence-electron chi connectivity index (χ2n) is 10.5. The number of amides is 2. The molecule has 2 amide bonds. The number of halogens is 3. The summed E-state index contributed by atoms with van der Waals surface area (Å²) in [6, 6.07) is 10.6. The molecule has 1 N–H and O–H groups in total. The van der Waals surface area contributed by atoms with E-state index in [1.807, 2.05) is 24.3 Å². The Balaban J connectivity index is 1.75. The van der Waals surface area contributed by atoms with Crippen molar-refractivity contribution in [2.45, 2.75) is 83.8 Å². The van der Waals surface area contributed by atoms with Gasteiger partial charge in [0.2, 0.25) is 5.91 Å². The first kappa shape index (κ1) is 28.8. The highest BCUT2D eigenvalue weighted by Gasteiger charge is 2.29. The molecule has 0 aromatic heterocycles. The third-order valence-corrected chi connectivity index (χ3v) is 7.96. The summed E-state index contributed by atoms with van der Waals surface area (Å²) in [7, 11) is 0. The summed E-state index contributed by atoms with van der Waals surface area (Å²) in [5.74, 6) is 0.121. The monoisotopic (exact) mass is 596 g/mol. The van der Waals surface area contributed by atoms with Crippen LogP contribution in [-0.4, -0.2) is 35.4 Å². The van der Waals surface area contributed by atoms with Crippen molar-refractivity contribution >= 4 is 50.9 Å². The van der Waals surface area contributed by atoms with E-state index in [1.165, 1.54) is 11.3 Å². The van der Waals surface area contributed by atoms with Crippen molar-refractivity contribution < 1.29 is 14.3 Å². The normalized spacial score (nSPS) is 15.3. The number of hydrogen-bond donors (Lipinski definition) is 1. The Labute approximate surface area is 233 Å². The first-order valence-corrected chi connectivity index (χ1v) is 14.0. The van der Waals surface area contributed by atoms with Crippen molar-refractivity contribution in [3.63, 3.8) is 0 Å². The molecule has 3 rings (SSSR count). The van der Waals surface area contributed by atoms with Gasteiger partial charge in [-0.2, -0.15) is 0 Å². The Hall–Kier alpha value is -1.76. The van der Waals surface area contributed by atoms with E-state index in [0.717, 1.165) is 41.3 Å². The van der Waals surface area contributed by atoms with Crippen LogP contribution in [0.3, 0.4) is 0 Å². The average Bonchev–Trinajstić information content (AvgIpc) is 2.83. The highest BCUT2D eigenvalue weighted by Crippen LogP contribution is 2.31. The third kappa shape index (κ3) is 7.87. The van der Waals surface area contributed by atoms with Crippen LogP contribution < -0.4 is 10.1 Å². The van der Waals surface area contributed by atoms with Gasteiger partial charge in [0, 0.05) is 12.6 Å². The van der Waals surface area contributed by atoms with Crippen LogP contribution in [0.4, 0.5) is 0 Å². The number of carbonyl (C=O) groups is 2. The molecule has 1 aliphatic rings. The lowest BCUT2D eigenvalue weighted by molar-refractivity contribution is -0.142. The fraction of sp³-hybridized carbons (Fsp3) is 0.500. The van der Waals surface area contributed by atoms with Crippen LogP contribution in [0.25, 0.3) is 0 Å². The Bertz CT molecular complexity index is 1080. The molecule has 0 bridgehead atoms. The lowest BCUT2D eigenvalue weighted by Crippen LogP contribution is -2.51. The van der Waals surface area contributed by atoms with Crippen LogP contribution in [0, 0.1) is 0 Å². The van der Waals surface area contributed by atoms with Crippen molar-refractivity contribution in [1.29, 1.82) is 0 Å². The Morgan fingerprint density at radius 3 is 2.39 bits per heavy atom. The zero-order valence-corrected chi connectivity index (χ0v) is 24.5. The van der Waals surface area contributed by atoms with Crippen molar-refractivity contribution in [2.24, 2.45) is 0 Å². The molecule has 1 unspecified atom stereocenters. The van der Waals surface area contributed by atoms with Crippen LogP contribution in [-0.2, 0) is 21.5 Å². The third-order valence-electron chi connectivity index (χ3n) is 6.60. The lowest BCUT2D eigenvalue weighted by Gasteiger charge is -2.31. The zero-order valence-electron chi connectivity index (χ0n) is 21.4. The van der Waals surface area contributed by atoms with Gasteiger partial charge in [-0.3, -0.25) is 9.59 Å². The molecule has 2 aromatic rings. The van der Waals surface area contributed by atoms with E-state index < -0.39 is 6.04 Å². The predicted molar refractivity (Wildman–Crippen MR) is 150 cm³/mol. The van der Waals surface area contributed by atoms with Gasteiger partial charge in [-0.1, -0.05) is 75.4 Å². The van der Waals surface area contributed by atoms with Gasteiger partial charge in [0.05, 0.1) is 14.5 Å². The SMILES string of the molecule is CC(C(=O)NC1CCCCC1)N(Cc1ccc(Cl)c(Cl)c1)C(=O)COc1ccc(C(C)(C)C)cc1Br. The smallest absolute Gasteiger partial charge is 0.261 e. The maximum atomic E-state index is 13.4. The molecule has 2 aromatic carbocycles. The standard InChI is InChI=1S/C28H35BrCl2N2O3/c1-18(27(35)32-21-8-6-5-7-9-21)33(16-19-10-12-23(30)24(31)14-19)26(34)17-36-25-13-11-20(15-22(25)29)28(2,3)4/h10-15,18,21H,5-9,16-17H2,1-4H3,(H,32,35). The van der Waals surface area contributed by atoms with Crippen molar-refractivity contribution in [1.82, 2.24) is 10.2 Å². The summed E-state index contributed by atoms with van der Waals surface area (Å²) in [5.41, 5.74) is 1.93. The summed E-state index contributed by atoms with van der Waals surface area (Å²) in [6.07, 6.45) is 5.37. The van der Waals surface area contributed by atoms with Gasteiger partial charge in [-0.05, 0) is 76.5 Å². The Kier molecular flexibility index (Phi) is 10.1. The molecule has 0 aliphatic heterocycles. The molecule has 1 saturated carbocycles. The Morgan fingerprint density at radius 1 is 1.08 bits per heavy atom. The summed E-state index contributed by atoms with van der Waals surface area (Å²) in [5, 5.41) is 3.98. The number of benzene rings is 2. The van der Waals surface area contributed by atoms with Gasteiger partial charge in [0.1, 0.15) is 11.8 Å². The van der Waals surface area contributed by atoms with Crippen LogP contribution >= 0.6 is 39.1 Å². The van der Waals surface area contributed by atoms with Gasteiger partial charge >= 0.3 is 0 Å². The Morgan fingerprint density at radius 2 is 1.78 bits per heavy atom. The summed E-state index contributed by atoms with van der Waals surface area (Å²) >= 11 is 15.8.